The van der Waals surface area contributed by atoms with E-state index in [4.69, 9.17) is 5.11 Å². The SMILES string of the molecule is CSc1ccc(CNC(=O)N[C@@H]2C=C[C@H](CO)C2)cc1. The summed E-state index contributed by atoms with van der Waals surface area (Å²) < 4.78 is 0. The van der Waals surface area contributed by atoms with Crippen LogP contribution < -0.4 is 10.6 Å². The third-order valence-electron chi connectivity index (χ3n) is 3.34. The fraction of sp³-hybridized carbons (Fsp3) is 0.400. The van der Waals surface area contributed by atoms with Crippen molar-refractivity contribution in [2.75, 3.05) is 12.9 Å². The van der Waals surface area contributed by atoms with Crippen LogP contribution in [0.1, 0.15) is 12.0 Å². The van der Waals surface area contributed by atoms with Crippen LogP contribution in [0.5, 0.6) is 0 Å². The molecular weight excluding hydrogens is 272 g/mol. The van der Waals surface area contributed by atoms with Crippen molar-refractivity contribution in [2.45, 2.75) is 23.9 Å². The molecule has 0 heterocycles. The number of nitrogens with one attached hydrogen (secondary N) is 2. The molecule has 3 N–H and O–H groups in total. The minimum atomic E-state index is -0.174. The normalized spacial score (nSPS) is 20.9. The molecule has 1 aliphatic carbocycles. The smallest absolute Gasteiger partial charge is 0.315 e. The Morgan fingerprint density at radius 1 is 1.35 bits per heavy atom. The highest BCUT2D eigenvalue weighted by atomic mass is 32.2. The van der Waals surface area contributed by atoms with E-state index in [-0.39, 0.29) is 24.6 Å². The fourth-order valence-corrected chi connectivity index (χ4v) is 2.57. The standard InChI is InChI=1S/C15H20N2O2S/c1-20-14-6-3-11(4-7-14)9-16-15(19)17-13-5-2-12(8-13)10-18/h2-7,12-13,18H,8-10H2,1H3,(H2,16,17,19)/t12-,13+/m0/s1. The summed E-state index contributed by atoms with van der Waals surface area (Å²) in [5.41, 5.74) is 1.08. The Morgan fingerprint density at radius 2 is 2.10 bits per heavy atom. The number of aliphatic hydroxyl groups excluding tert-OH is 1. The largest absolute Gasteiger partial charge is 0.396 e. The molecule has 0 aliphatic heterocycles. The number of urea groups is 1. The van der Waals surface area contributed by atoms with Gasteiger partial charge in [-0.3, -0.25) is 0 Å². The summed E-state index contributed by atoms with van der Waals surface area (Å²) in [5.74, 6) is 0.166. The number of aliphatic hydroxyl groups is 1. The van der Waals surface area contributed by atoms with Gasteiger partial charge in [-0.05, 0) is 30.4 Å². The van der Waals surface area contributed by atoms with Crippen molar-refractivity contribution < 1.29 is 9.90 Å². The number of thioether (sulfide) groups is 1. The van der Waals surface area contributed by atoms with Crippen LogP contribution in [0.25, 0.3) is 0 Å². The number of amides is 2. The molecule has 0 saturated heterocycles. The lowest BCUT2D eigenvalue weighted by atomic mass is 10.1. The van der Waals surface area contributed by atoms with Crippen molar-refractivity contribution in [2.24, 2.45) is 5.92 Å². The van der Waals surface area contributed by atoms with E-state index < -0.39 is 0 Å². The summed E-state index contributed by atoms with van der Waals surface area (Å²) in [6.45, 7) is 0.651. The van der Waals surface area contributed by atoms with E-state index in [2.05, 4.69) is 10.6 Å². The average Bonchev–Trinajstić information content (AvgIpc) is 2.93. The van der Waals surface area contributed by atoms with E-state index in [1.165, 1.54) is 4.90 Å². The molecule has 20 heavy (non-hydrogen) atoms. The van der Waals surface area contributed by atoms with Gasteiger partial charge in [0.05, 0.1) is 0 Å². The minimum absolute atomic E-state index is 0.0195. The molecule has 0 unspecified atom stereocenters. The number of hydrogen-bond acceptors (Lipinski definition) is 3. The van der Waals surface area contributed by atoms with Gasteiger partial charge in [0.1, 0.15) is 0 Å². The predicted molar refractivity (Wildman–Crippen MR) is 81.7 cm³/mol. The predicted octanol–water partition coefficient (Wildman–Crippen LogP) is 2.14. The van der Waals surface area contributed by atoms with Crippen LogP contribution in [0.4, 0.5) is 4.79 Å². The van der Waals surface area contributed by atoms with Gasteiger partial charge in [-0.2, -0.15) is 0 Å². The van der Waals surface area contributed by atoms with Gasteiger partial charge in [-0.1, -0.05) is 24.3 Å². The zero-order valence-electron chi connectivity index (χ0n) is 11.5. The van der Waals surface area contributed by atoms with Crippen LogP contribution >= 0.6 is 11.8 Å². The molecule has 1 aliphatic rings. The molecule has 5 heteroatoms. The van der Waals surface area contributed by atoms with E-state index in [0.717, 1.165) is 12.0 Å². The maximum atomic E-state index is 11.8. The summed E-state index contributed by atoms with van der Waals surface area (Å²) in [6, 6.07) is 7.97. The minimum Gasteiger partial charge on any atom is -0.396 e. The Balaban J connectivity index is 1.73. The van der Waals surface area contributed by atoms with Gasteiger partial charge in [0.25, 0.3) is 0 Å². The van der Waals surface area contributed by atoms with Gasteiger partial charge >= 0.3 is 6.03 Å². The first-order chi connectivity index (χ1) is 9.71. The van der Waals surface area contributed by atoms with E-state index in [1.54, 1.807) is 11.8 Å². The lowest BCUT2D eigenvalue weighted by Gasteiger charge is -2.13. The third kappa shape index (κ3) is 4.28. The number of rotatable bonds is 5. The molecule has 0 fully saturated rings. The van der Waals surface area contributed by atoms with Gasteiger partial charge in [0, 0.05) is 30.0 Å². The van der Waals surface area contributed by atoms with Crippen LogP contribution in [-0.4, -0.2) is 30.0 Å². The molecule has 0 spiro atoms. The summed E-state index contributed by atoms with van der Waals surface area (Å²) in [4.78, 5) is 13.0. The van der Waals surface area contributed by atoms with Crippen molar-refractivity contribution in [1.29, 1.82) is 0 Å². The average molecular weight is 292 g/mol. The molecular formula is C15H20N2O2S. The fourth-order valence-electron chi connectivity index (χ4n) is 2.16. The van der Waals surface area contributed by atoms with Gasteiger partial charge in [-0.25, -0.2) is 4.79 Å². The van der Waals surface area contributed by atoms with Gasteiger partial charge in [0.2, 0.25) is 0 Å². The maximum Gasteiger partial charge on any atom is 0.315 e. The summed E-state index contributed by atoms with van der Waals surface area (Å²) in [6.07, 6.45) is 6.70. The quantitative estimate of drug-likeness (QED) is 0.575. The Hall–Kier alpha value is -1.46. The van der Waals surface area contributed by atoms with Crippen LogP contribution in [0.15, 0.2) is 41.3 Å². The Morgan fingerprint density at radius 3 is 2.70 bits per heavy atom. The first-order valence-electron chi connectivity index (χ1n) is 6.67. The van der Waals surface area contributed by atoms with Crippen molar-refractivity contribution >= 4 is 17.8 Å². The number of benzene rings is 1. The van der Waals surface area contributed by atoms with Gasteiger partial charge in [-0.15, -0.1) is 11.8 Å². The molecule has 0 bridgehead atoms. The highest BCUT2D eigenvalue weighted by Crippen LogP contribution is 2.17. The molecule has 0 saturated carbocycles. The van der Waals surface area contributed by atoms with E-state index in [1.807, 2.05) is 42.7 Å². The molecule has 2 amide bonds. The van der Waals surface area contributed by atoms with Crippen molar-refractivity contribution in [3.63, 3.8) is 0 Å². The first kappa shape index (κ1) is 14.9. The Kier molecular flexibility index (Phi) is 5.49. The summed E-state index contributed by atoms with van der Waals surface area (Å²) in [7, 11) is 0. The molecule has 2 rings (SSSR count). The molecule has 2 atom stereocenters. The van der Waals surface area contributed by atoms with Gasteiger partial charge in [0.15, 0.2) is 0 Å². The Labute approximate surface area is 123 Å². The highest BCUT2D eigenvalue weighted by Gasteiger charge is 2.19. The molecule has 0 radical (unpaired) electrons. The lowest BCUT2D eigenvalue weighted by molar-refractivity contribution is 0.231. The van der Waals surface area contributed by atoms with E-state index >= 15 is 0 Å². The van der Waals surface area contributed by atoms with Crippen molar-refractivity contribution in [1.82, 2.24) is 10.6 Å². The van der Waals surface area contributed by atoms with Crippen LogP contribution in [-0.2, 0) is 6.54 Å². The van der Waals surface area contributed by atoms with Crippen LogP contribution in [0.2, 0.25) is 0 Å². The molecule has 108 valence electrons. The molecule has 0 aromatic heterocycles. The number of hydrogen-bond donors (Lipinski definition) is 3. The maximum absolute atomic E-state index is 11.8. The number of carbonyl (C=O) groups excluding carboxylic acids is 1. The van der Waals surface area contributed by atoms with Gasteiger partial charge < -0.3 is 15.7 Å². The Bertz CT molecular complexity index is 473. The van der Waals surface area contributed by atoms with E-state index in [0.29, 0.717) is 6.54 Å². The highest BCUT2D eigenvalue weighted by molar-refractivity contribution is 7.98. The zero-order valence-corrected chi connectivity index (χ0v) is 12.3. The zero-order chi connectivity index (χ0) is 14.4. The third-order valence-corrected chi connectivity index (χ3v) is 4.08. The second kappa shape index (κ2) is 7.36. The molecule has 1 aromatic carbocycles. The molecule has 4 nitrogen and oxygen atoms in total. The topological polar surface area (TPSA) is 61.4 Å². The summed E-state index contributed by atoms with van der Waals surface area (Å²) in [5, 5.41) is 14.8. The lowest BCUT2D eigenvalue weighted by Crippen LogP contribution is -2.40. The number of carbonyl (C=O) groups is 1. The summed E-state index contributed by atoms with van der Waals surface area (Å²) >= 11 is 1.70. The second-order valence-electron chi connectivity index (χ2n) is 4.84. The van der Waals surface area contributed by atoms with Crippen molar-refractivity contribution in [3.8, 4) is 0 Å². The molecule has 1 aromatic rings. The van der Waals surface area contributed by atoms with Crippen LogP contribution in [0, 0.1) is 5.92 Å². The van der Waals surface area contributed by atoms with Crippen LogP contribution in [0.3, 0.4) is 0 Å². The first-order valence-corrected chi connectivity index (χ1v) is 7.90. The monoisotopic (exact) mass is 292 g/mol. The van der Waals surface area contributed by atoms with E-state index in [9.17, 15) is 4.79 Å². The second-order valence-corrected chi connectivity index (χ2v) is 5.72. The van der Waals surface area contributed by atoms with Crippen molar-refractivity contribution in [3.05, 3.63) is 42.0 Å².